The minimum absolute atomic E-state index is 0.0106. The van der Waals surface area contributed by atoms with Gasteiger partial charge in [-0.3, -0.25) is 4.79 Å². The first kappa shape index (κ1) is 18.5. The van der Waals surface area contributed by atoms with Crippen molar-refractivity contribution in [3.63, 3.8) is 0 Å². The van der Waals surface area contributed by atoms with Gasteiger partial charge in [-0.2, -0.15) is 0 Å². The first-order valence-electron chi connectivity index (χ1n) is 7.82. The van der Waals surface area contributed by atoms with Crippen molar-refractivity contribution in [1.82, 2.24) is 5.32 Å². The van der Waals surface area contributed by atoms with Gasteiger partial charge < -0.3 is 15.8 Å². The van der Waals surface area contributed by atoms with Crippen LogP contribution in [-0.2, 0) is 14.9 Å². The van der Waals surface area contributed by atoms with Gasteiger partial charge in [-0.25, -0.2) is 0 Å². The molecule has 0 spiro atoms. The molecule has 1 aromatic rings. The highest BCUT2D eigenvalue weighted by Gasteiger charge is 2.39. The maximum Gasteiger partial charge on any atom is 0.227 e. The van der Waals surface area contributed by atoms with Gasteiger partial charge in [0.15, 0.2) is 0 Å². The standard InChI is InChI=1S/C17H24Cl2N2O2/c1-16(2,12-3-4-13(18)14(19)9-12)11-21-15(22)17(10-20)5-7-23-8-6-17/h3-4,9H,5-8,10-11,20H2,1-2H3,(H,21,22). The average Bonchev–Trinajstić information content (AvgIpc) is 2.55. The number of carbonyl (C=O) groups is 1. The van der Waals surface area contributed by atoms with Gasteiger partial charge in [-0.1, -0.05) is 43.1 Å². The number of benzene rings is 1. The van der Waals surface area contributed by atoms with Crippen molar-refractivity contribution >= 4 is 29.1 Å². The zero-order chi connectivity index (χ0) is 17.1. The Kier molecular flexibility index (Phi) is 5.95. The van der Waals surface area contributed by atoms with Crippen molar-refractivity contribution in [1.29, 1.82) is 0 Å². The fourth-order valence-corrected chi connectivity index (χ4v) is 3.09. The highest BCUT2D eigenvalue weighted by Crippen LogP contribution is 2.32. The molecule has 2 rings (SSSR count). The maximum atomic E-state index is 12.7. The SMILES string of the molecule is CC(C)(CNC(=O)C1(CN)CCOCC1)c1ccc(Cl)c(Cl)c1. The summed E-state index contributed by atoms with van der Waals surface area (Å²) in [5.74, 6) is 0.0106. The van der Waals surface area contributed by atoms with Crippen molar-refractivity contribution in [2.45, 2.75) is 32.1 Å². The molecular formula is C17H24Cl2N2O2. The molecule has 1 aliphatic rings. The molecule has 0 unspecified atom stereocenters. The van der Waals surface area contributed by atoms with Crippen LogP contribution in [0.1, 0.15) is 32.3 Å². The molecule has 23 heavy (non-hydrogen) atoms. The Balaban J connectivity index is 2.05. The molecule has 1 fully saturated rings. The van der Waals surface area contributed by atoms with Crippen LogP contribution in [0, 0.1) is 5.41 Å². The zero-order valence-electron chi connectivity index (χ0n) is 13.6. The molecule has 6 heteroatoms. The van der Waals surface area contributed by atoms with Gasteiger partial charge in [-0.15, -0.1) is 0 Å². The minimum Gasteiger partial charge on any atom is -0.381 e. The molecule has 1 aromatic carbocycles. The molecule has 1 aliphatic heterocycles. The lowest BCUT2D eigenvalue weighted by molar-refractivity contribution is -0.136. The number of nitrogens with one attached hydrogen (secondary N) is 1. The van der Waals surface area contributed by atoms with E-state index >= 15 is 0 Å². The molecular weight excluding hydrogens is 335 g/mol. The summed E-state index contributed by atoms with van der Waals surface area (Å²) in [5.41, 5.74) is 6.14. The smallest absolute Gasteiger partial charge is 0.227 e. The molecule has 1 saturated heterocycles. The number of nitrogens with two attached hydrogens (primary N) is 1. The van der Waals surface area contributed by atoms with Crippen LogP contribution in [0.2, 0.25) is 10.0 Å². The fourth-order valence-electron chi connectivity index (χ4n) is 2.79. The summed E-state index contributed by atoms with van der Waals surface area (Å²) in [6.07, 6.45) is 1.34. The lowest BCUT2D eigenvalue weighted by Gasteiger charge is -2.36. The van der Waals surface area contributed by atoms with Gasteiger partial charge in [-0.05, 0) is 30.5 Å². The second-order valence-corrected chi connectivity index (χ2v) is 7.61. The van der Waals surface area contributed by atoms with Gasteiger partial charge in [0.25, 0.3) is 0 Å². The molecule has 0 aliphatic carbocycles. The molecule has 0 saturated carbocycles. The summed E-state index contributed by atoms with van der Waals surface area (Å²) < 4.78 is 5.35. The number of hydrogen-bond acceptors (Lipinski definition) is 3. The van der Waals surface area contributed by atoms with Gasteiger partial charge in [0.2, 0.25) is 5.91 Å². The number of ether oxygens (including phenoxy) is 1. The molecule has 128 valence electrons. The highest BCUT2D eigenvalue weighted by atomic mass is 35.5. The average molecular weight is 359 g/mol. The Labute approximate surface area is 147 Å². The lowest BCUT2D eigenvalue weighted by atomic mass is 9.78. The van der Waals surface area contributed by atoms with Gasteiger partial charge in [0.1, 0.15) is 0 Å². The monoisotopic (exact) mass is 358 g/mol. The van der Waals surface area contributed by atoms with Crippen molar-refractivity contribution in [2.75, 3.05) is 26.3 Å². The number of carbonyl (C=O) groups excluding carboxylic acids is 1. The largest absolute Gasteiger partial charge is 0.381 e. The minimum atomic E-state index is -0.508. The van der Waals surface area contributed by atoms with Crippen molar-refractivity contribution < 1.29 is 9.53 Å². The Hall–Kier alpha value is -0.810. The highest BCUT2D eigenvalue weighted by molar-refractivity contribution is 6.42. The summed E-state index contributed by atoms with van der Waals surface area (Å²) in [6.45, 7) is 6.14. The van der Waals surface area contributed by atoms with Gasteiger partial charge >= 0.3 is 0 Å². The van der Waals surface area contributed by atoms with E-state index in [0.717, 1.165) is 5.56 Å². The third-order valence-electron chi connectivity index (χ3n) is 4.71. The molecule has 0 bridgehead atoms. The predicted molar refractivity (Wildman–Crippen MR) is 94.0 cm³/mol. The molecule has 0 radical (unpaired) electrons. The van der Waals surface area contributed by atoms with Crippen LogP contribution in [0.25, 0.3) is 0 Å². The first-order chi connectivity index (χ1) is 10.8. The molecule has 0 atom stereocenters. The number of halogens is 2. The summed E-state index contributed by atoms with van der Waals surface area (Å²) in [4.78, 5) is 12.7. The number of amides is 1. The predicted octanol–water partition coefficient (Wildman–Crippen LogP) is 3.14. The summed E-state index contributed by atoms with van der Waals surface area (Å²) >= 11 is 12.1. The van der Waals surface area contributed by atoms with E-state index in [0.29, 0.717) is 49.2 Å². The lowest BCUT2D eigenvalue weighted by Crippen LogP contribution is -2.51. The van der Waals surface area contributed by atoms with Crippen LogP contribution >= 0.6 is 23.2 Å². The van der Waals surface area contributed by atoms with Crippen molar-refractivity contribution in [3.05, 3.63) is 33.8 Å². The van der Waals surface area contributed by atoms with E-state index in [-0.39, 0.29) is 11.3 Å². The summed E-state index contributed by atoms with van der Waals surface area (Å²) in [5, 5.41) is 4.11. The van der Waals surface area contributed by atoms with E-state index in [4.69, 9.17) is 33.7 Å². The van der Waals surface area contributed by atoms with E-state index < -0.39 is 5.41 Å². The van der Waals surface area contributed by atoms with Gasteiger partial charge in [0, 0.05) is 31.7 Å². The third-order valence-corrected chi connectivity index (χ3v) is 5.45. The van der Waals surface area contributed by atoms with Crippen LogP contribution in [0.15, 0.2) is 18.2 Å². The molecule has 1 amide bonds. The van der Waals surface area contributed by atoms with Crippen molar-refractivity contribution in [3.8, 4) is 0 Å². The van der Waals surface area contributed by atoms with Crippen LogP contribution < -0.4 is 11.1 Å². The molecule has 1 heterocycles. The molecule has 3 N–H and O–H groups in total. The van der Waals surface area contributed by atoms with E-state index in [1.807, 2.05) is 12.1 Å². The van der Waals surface area contributed by atoms with E-state index in [9.17, 15) is 4.79 Å². The molecule has 0 aromatic heterocycles. The summed E-state index contributed by atoms with van der Waals surface area (Å²) in [6, 6.07) is 5.57. The van der Waals surface area contributed by atoms with E-state index in [2.05, 4.69) is 19.2 Å². The maximum absolute atomic E-state index is 12.7. The molecule has 4 nitrogen and oxygen atoms in total. The second kappa shape index (κ2) is 7.39. The Morgan fingerprint density at radius 1 is 1.30 bits per heavy atom. The second-order valence-electron chi connectivity index (χ2n) is 6.79. The first-order valence-corrected chi connectivity index (χ1v) is 8.58. The summed E-state index contributed by atoms with van der Waals surface area (Å²) in [7, 11) is 0. The van der Waals surface area contributed by atoms with Gasteiger partial charge in [0.05, 0.1) is 15.5 Å². The van der Waals surface area contributed by atoms with E-state index in [1.54, 1.807) is 6.07 Å². The Bertz CT molecular complexity index is 570. The topological polar surface area (TPSA) is 64.4 Å². The van der Waals surface area contributed by atoms with Crippen LogP contribution in [-0.4, -0.2) is 32.2 Å². The normalized spacial score (nSPS) is 17.8. The third kappa shape index (κ3) is 4.18. The Morgan fingerprint density at radius 2 is 1.96 bits per heavy atom. The van der Waals surface area contributed by atoms with Crippen LogP contribution in [0.4, 0.5) is 0 Å². The quantitative estimate of drug-likeness (QED) is 0.849. The van der Waals surface area contributed by atoms with Crippen LogP contribution in [0.5, 0.6) is 0 Å². The number of rotatable bonds is 5. The number of hydrogen-bond donors (Lipinski definition) is 2. The van der Waals surface area contributed by atoms with Crippen molar-refractivity contribution in [2.24, 2.45) is 11.1 Å². The fraction of sp³-hybridized carbons (Fsp3) is 0.588. The van der Waals surface area contributed by atoms with Crippen LogP contribution in [0.3, 0.4) is 0 Å². The Morgan fingerprint density at radius 3 is 2.52 bits per heavy atom. The van der Waals surface area contributed by atoms with E-state index in [1.165, 1.54) is 0 Å². The zero-order valence-corrected chi connectivity index (χ0v) is 15.1.